The molecule has 0 radical (unpaired) electrons. The van der Waals surface area contributed by atoms with Crippen molar-refractivity contribution in [2.24, 2.45) is 0 Å². The predicted molar refractivity (Wildman–Crippen MR) is 126 cm³/mol. The van der Waals surface area contributed by atoms with Gasteiger partial charge in [0.1, 0.15) is 12.4 Å². The number of ether oxygens (including phenoxy) is 1. The van der Waals surface area contributed by atoms with Crippen molar-refractivity contribution in [2.45, 2.75) is 37.2 Å². The first kappa shape index (κ1) is 24.1. The second-order valence-electron chi connectivity index (χ2n) is 7.58. The lowest BCUT2D eigenvalue weighted by atomic mass is 10.0. The average molecular weight is 475 g/mol. The molecular weight excluding hydrogens is 448 g/mol. The van der Waals surface area contributed by atoms with Crippen LogP contribution in [0.1, 0.15) is 23.2 Å². The molecule has 32 heavy (non-hydrogen) atoms. The van der Waals surface area contributed by atoms with Crippen LogP contribution >= 0.6 is 24.2 Å². The number of aromatic nitrogens is 2. The van der Waals surface area contributed by atoms with E-state index in [-0.39, 0.29) is 37.6 Å². The summed E-state index contributed by atoms with van der Waals surface area (Å²) in [4.78, 5) is 26.1. The van der Waals surface area contributed by atoms with Crippen molar-refractivity contribution in [3.8, 4) is 6.07 Å². The number of benzene rings is 1. The summed E-state index contributed by atoms with van der Waals surface area (Å²) < 4.78 is 5.53. The molecule has 2 aromatic rings. The third-order valence-electron chi connectivity index (χ3n) is 5.63. The molecule has 10 heteroatoms. The third-order valence-corrected chi connectivity index (χ3v) is 6.17. The molecule has 1 saturated heterocycles. The highest BCUT2D eigenvalue weighted by Gasteiger charge is 2.33. The summed E-state index contributed by atoms with van der Waals surface area (Å²) in [6, 6.07) is 11.6. The Morgan fingerprint density at radius 1 is 1.31 bits per heavy atom. The molecule has 4 rings (SSSR count). The van der Waals surface area contributed by atoms with Gasteiger partial charge in [0.15, 0.2) is 5.16 Å². The molecule has 1 aromatic heterocycles. The first-order valence-electron chi connectivity index (χ1n) is 10.4. The zero-order valence-electron chi connectivity index (χ0n) is 18.0. The Morgan fingerprint density at radius 3 is 2.88 bits per heavy atom. The monoisotopic (exact) mass is 474 g/mol. The van der Waals surface area contributed by atoms with E-state index < -0.39 is 0 Å². The number of amides is 1. The van der Waals surface area contributed by atoms with Crippen LogP contribution in [0.15, 0.2) is 35.5 Å². The molecule has 0 bridgehead atoms. The molecule has 1 amide bonds. The fourth-order valence-electron chi connectivity index (χ4n) is 4.04. The second-order valence-corrected chi connectivity index (χ2v) is 8.35. The highest BCUT2D eigenvalue weighted by atomic mass is 35.5. The lowest BCUT2D eigenvalue weighted by Gasteiger charge is -2.41. The van der Waals surface area contributed by atoms with Gasteiger partial charge in [-0.25, -0.2) is 14.8 Å². The Bertz CT molecular complexity index is 971. The van der Waals surface area contributed by atoms with E-state index in [2.05, 4.69) is 21.3 Å². The summed E-state index contributed by atoms with van der Waals surface area (Å²) in [5, 5.41) is 13.5. The summed E-state index contributed by atoms with van der Waals surface area (Å²) in [7, 11) is 0. The van der Waals surface area contributed by atoms with E-state index >= 15 is 0 Å². The van der Waals surface area contributed by atoms with Gasteiger partial charge in [-0.15, -0.1) is 12.4 Å². The van der Waals surface area contributed by atoms with Gasteiger partial charge in [0.05, 0.1) is 24.2 Å². The number of piperazine rings is 1. The van der Waals surface area contributed by atoms with Crippen LogP contribution in [-0.4, -0.2) is 59.4 Å². The SMILES string of the molecule is CSc1nc2c(c(N3CCN(C(=O)OCc4ccccc4)[C@@H](CC#N)C3)n1)CCNC2.Cl. The number of carbonyl (C=O) groups is 1. The molecule has 1 N–H and O–H groups in total. The minimum Gasteiger partial charge on any atom is -0.445 e. The summed E-state index contributed by atoms with van der Waals surface area (Å²) in [6.07, 6.45) is 2.73. The van der Waals surface area contributed by atoms with E-state index in [0.29, 0.717) is 19.6 Å². The normalized spacial score (nSPS) is 17.7. The highest BCUT2D eigenvalue weighted by Crippen LogP contribution is 2.29. The number of nitrogens with one attached hydrogen (secondary N) is 1. The van der Waals surface area contributed by atoms with Gasteiger partial charge in [-0.05, 0) is 24.8 Å². The molecular formula is C22H27ClN6O2S. The van der Waals surface area contributed by atoms with E-state index in [9.17, 15) is 10.1 Å². The van der Waals surface area contributed by atoms with Gasteiger partial charge in [0.2, 0.25) is 0 Å². The topological polar surface area (TPSA) is 94.4 Å². The molecule has 2 aliphatic rings. The van der Waals surface area contributed by atoms with E-state index in [4.69, 9.17) is 9.72 Å². The highest BCUT2D eigenvalue weighted by molar-refractivity contribution is 7.98. The fraction of sp³-hybridized carbons (Fsp3) is 0.455. The number of nitrogens with zero attached hydrogens (tertiary/aromatic N) is 5. The van der Waals surface area contributed by atoms with Gasteiger partial charge in [0.25, 0.3) is 0 Å². The standard InChI is InChI=1S/C22H26N6O2S.ClH/c1-31-21-25-19-13-24-10-8-18(19)20(26-21)27-11-12-28(17(14-27)7-9-23)22(29)30-15-16-5-3-2-4-6-16;/h2-6,17,24H,7-8,10-15H2,1H3;1H/t17-;/m0./s1. The number of carbonyl (C=O) groups excluding carboxylic acids is 1. The number of thioether (sulfide) groups is 1. The Labute approximate surface area is 198 Å². The number of fused-ring (bicyclic) bond motifs is 1. The molecule has 170 valence electrons. The van der Waals surface area contributed by atoms with E-state index in [1.807, 2.05) is 36.6 Å². The van der Waals surface area contributed by atoms with Crippen LogP contribution in [0, 0.1) is 11.3 Å². The Balaban J connectivity index is 0.00000289. The number of hydrogen-bond acceptors (Lipinski definition) is 8. The van der Waals surface area contributed by atoms with Gasteiger partial charge in [0, 0.05) is 31.7 Å². The average Bonchev–Trinajstić information content (AvgIpc) is 2.82. The summed E-state index contributed by atoms with van der Waals surface area (Å²) in [5.74, 6) is 0.941. The molecule has 2 aliphatic heterocycles. The van der Waals surface area contributed by atoms with Crippen LogP contribution in [0.3, 0.4) is 0 Å². The number of nitriles is 1. The number of anilines is 1. The van der Waals surface area contributed by atoms with Crippen LogP contribution < -0.4 is 10.2 Å². The van der Waals surface area contributed by atoms with E-state index in [1.54, 1.807) is 4.90 Å². The van der Waals surface area contributed by atoms with E-state index in [0.717, 1.165) is 41.7 Å². The minimum atomic E-state index is -0.373. The van der Waals surface area contributed by atoms with Crippen LogP contribution in [0.25, 0.3) is 0 Å². The lowest BCUT2D eigenvalue weighted by molar-refractivity contribution is 0.0768. The zero-order chi connectivity index (χ0) is 21.6. The van der Waals surface area contributed by atoms with Crippen LogP contribution in [0.4, 0.5) is 10.6 Å². The summed E-state index contributed by atoms with van der Waals surface area (Å²) >= 11 is 1.53. The first-order chi connectivity index (χ1) is 15.2. The molecule has 0 aliphatic carbocycles. The zero-order valence-corrected chi connectivity index (χ0v) is 19.6. The van der Waals surface area contributed by atoms with Crippen molar-refractivity contribution >= 4 is 36.1 Å². The van der Waals surface area contributed by atoms with Crippen molar-refractivity contribution in [1.82, 2.24) is 20.2 Å². The van der Waals surface area contributed by atoms with Crippen LogP contribution in [-0.2, 0) is 24.3 Å². The van der Waals surface area contributed by atoms with Crippen molar-refractivity contribution in [3.63, 3.8) is 0 Å². The van der Waals surface area contributed by atoms with Gasteiger partial charge in [-0.3, -0.25) is 0 Å². The minimum absolute atomic E-state index is 0. The molecule has 1 fully saturated rings. The third kappa shape index (κ3) is 5.44. The molecule has 0 unspecified atom stereocenters. The summed E-state index contributed by atoms with van der Waals surface area (Å²) in [5.41, 5.74) is 3.16. The maximum Gasteiger partial charge on any atom is 0.410 e. The van der Waals surface area contributed by atoms with Gasteiger partial charge < -0.3 is 19.9 Å². The molecule has 0 saturated carbocycles. The largest absolute Gasteiger partial charge is 0.445 e. The van der Waals surface area contributed by atoms with Gasteiger partial charge in [-0.2, -0.15) is 5.26 Å². The van der Waals surface area contributed by atoms with E-state index in [1.165, 1.54) is 17.3 Å². The first-order valence-corrected chi connectivity index (χ1v) is 11.7. The predicted octanol–water partition coefficient (Wildman–Crippen LogP) is 3.01. The molecule has 1 atom stereocenters. The lowest BCUT2D eigenvalue weighted by Crippen LogP contribution is -2.55. The fourth-order valence-corrected chi connectivity index (χ4v) is 4.42. The Morgan fingerprint density at radius 2 is 2.12 bits per heavy atom. The van der Waals surface area contributed by atoms with Crippen molar-refractivity contribution < 1.29 is 9.53 Å². The number of rotatable bonds is 5. The van der Waals surface area contributed by atoms with Gasteiger partial charge in [-0.1, -0.05) is 42.1 Å². The van der Waals surface area contributed by atoms with Crippen LogP contribution in [0.2, 0.25) is 0 Å². The Kier molecular flexibility index (Phi) is 8.56. The molecule has 3 heterocycles. The second kappa shape index (κ2) is 11.4. The number of halogens is 1. The summed E-state index contributed by atoms with van der Waals surface area (Å²) in [6.45, 7) is 3.56. The maximum atomic E-state index is 12.8. The quantitative estimate of drug-likeness (QED) is 0.522. The molecule has 0 spiro atoms. The van der Waals surface area contributed by atoms with Crippen molar-refractivity contribution in [2.75, 3.05) is 37.3 Å². The smallest absolute Gasteiger partial charge is 0.410 e. The van der Waals surface area contributed by atoms with Crippen molar-refractivity contribution in [3.05, 3.63) is 47.2 Å². The number of hydrogen-bond donors (Lipinski definition) is 1. The van der Waals surface area contributed by atoms with Gasteiger partial charge >= 0.3 is 6.09 Å². The maximum absolute atomic E-state index is 12.8. The van der Waals surface area contributed by atoms with Crippen LogP contribution in [0.5, 0.6) is 0 Å². The molecule has 8 nitrogen and oxygen atoms in total. The molecule has 1 aromatic carbocycles. The van der Waals surface area contributed by atoms with Crippen molar-refractivity contribution in [1.29, 1.82) is 5.26 Å². The Hall–Kier alpha value is -2.54.